The zero-order chi connectivity index (χ0) is 21.1. The second kappa shape index (κ2) is 8.55. The van der Waals surface area contributed by atoms with Crippen molar-refractivity contribution in [3.63, 3.8) is 0 Å². The minimum Gasteiger partial charge on any atom is -0.373 e. The van der Waals surface area contributed by atoms with E-state index in [1.54, 1.807) is 36.0 Å². The lowest BCUT2D eigenvalue weighted by Gasteiger charge is -2.20. The van der Waals surface area contributed by atoms with Crippen molar-refractivity contribution in [3.8, 4) is 0 Å². The number of hydrogen-bond acceptors (Lipinski definition) is 5. The monoisotopic (exact) mass is 399 g/mol. The summed E-state index contributed by atoms with van der Waals surface area (Å²) in [5.41, 5.74) is 1.42. The first-order valence-electron chi connectivity index (χ1n) is 9.65. The van der Waals surface area contributed by atoms with Gasteiger partial charge in [-0.15, -0.1) is 0 Å². The molecule has 1 aliphatic heterocycles. The van der Waals surface area contributed by atoms with E-state index in [2.05, 4.69) is 15.3 Å². The average molecular weight is 399 g/mol. The standard InChI is InChI=1S/C21H26FN5O2/c1-13(2)21(29)26(4)12-19-24-17(10-18(23-3)25-19)14-9-20(28)27(11-14)16-7-5-15(22)6-8-16/h5-8,10,13-14H,9,11-12H2,1-4H3,(H,23,24,25)/t14-/m0/s1. The highest BCUT2D eigenvalue weighted by atomic mass is 19.1. The van der Waals surface area contributed by atoms with E-state index in [-0.39, 0.29) is 29.5 Å². The highest BCUT2D eigenvalue weighted by Gasteiger charge is 2.33. The van der Waals surface area contributed by atoms with Gasteiger partial charge < -0.3 is 15.1 Å². The zero-order valence-corrected chi connectivity index (χ0v) is 17.1. The third-order valence-corrected chi connectivity index (χ3v) is 4.98. The molecule has 0 aliphatic carbocycles. The van der Waals surface area contributed by atoms with E-state index in [4.69, 9.17) is 0 Å². The van der Waals surface area contributed by atoms with Crippen LogP contribution in [0.15, 0.2) is 30.3 Å². The van der Waals surface area contributed by atoms with E-state index in [0.29, 0.717) is 36.8 Å². The van der Waals surface area contributed by atoms with Crippen molar-refractivity contribution in [2.75, 3.05) is 30.9 Å². The zero-order valence-electron chi connectivity index (χ0n) is 17.1. The largest absolute Gasteiger partial charge is 0.373 e. The van der Waals surface area contributed by atoms with E-state index in [1.807, 2.05) is 19.9 Å². The number of amides is 2. The molecule has 1 aromatic carbocycles. The van der Waals surface area contributed by atoms with Crippen molar-refractivity contribution in [2.24, 2.45) is 5.92 Å². The lowest BCUT2D eigenvalue weighted by Crippen LogP contribution is -2.31. The van der Waals surface area contributed by atoms with Crippen molar-refractivity contribution < 1.29 is 14.0 Å². The summed E-state index contributed by atoms with van der Waals surface area (Å²) in [4.78, 5) is 37.1. The molecule has 0 radical (unpaired) electrons. The highest BCUT2D eigenvalue weighted by Crippen LogP contribution is 2.31. The second-order valence-corrected chi connectivity index (χ2v) is 7.58. The van der Waals surface area contributed by atoms with E-state index >= 15 is 0 Å². The van der Waals surface area contributed by atoms with Crippen molar-refractivity contribution >= 4 is 23.3 Å². The fourth-order valence-corrected chi connectivity index (χ4v) is 3.43. The van der Waals surface area contributed by atoms with Gasteiger partial charge in [0.2, 0.25) is 11.8 Å². The van der Waals surface area contributed by atoms with Gasteiger partial charge in [-0.2, -0.15) is 0 Å². The van der Waals surface area contributed by atoms with Crippen molar-refractivity contribution in [1.82, 2.24) is 14.9 Å². The summed E-state index contributed by atoms with van der Waals surface area (Å²) in [5.74, 6) is 0.606. The van der Waals surface area contributed by atoms with Gasteiger partial charge >= 0.3 is 0 Å². The van der Waals surface area contributed by atoms with Gasteiger partial charge in [-0.25, -0.2) is 14.4 Å². The Hall–Kier alpha value is -3.03. The normalized spacial score (nSPS) is 16.4. The molecule has 2 heterocycles. The number of carbonyl (C=O) groups is 2. The van der Waals surface area contributed by atoms with Crippen molar-refractivity contribution in [3.05, 3.63) is 47.7 Å². The number of nitrogens with zero attached hydrogens (tertiary/aromatic N) is 4. The molecule has 1 saturated heterocycles. The summed E-state index contributed by atoms with van der Waals surface area (Å²) in [7, 11) is 3.50. The van der Waals surface area contributed by atoms with Gasteiger partial charge in [0.05, 0.1) is 12.2 Å². The van der Waals surface area contributed by atoms with Gasteiger partial charge in [-0.3, -0.25) is 9.59 Å². The third-order valence-electron chi connectivity index (χ3n) is 4.98. The molecule has 0 unspecified atom stereocenters. The molecule has 2 amide bonds. The molecule has 1 N–H and O–H groups in total. The second-order valence-electron chi connectivity index (χ2n) is 7.58. The number of halogens is 1. The van der Waals surface area contributed by atoms with Crippen LogP contribution in [0.5, 0.6) is 0 Å². The summed E-state index contributed by atoms with van der Waals surface area (Å²) in [6, 6.07) is 7.73. The van der Waals surface area contributed by atoms with Crippen molar-refractivity contribution in [1.29, 1.82) is 0 Å². The Morgan fingerprint density at radius 2 is 2.00 bits per heavy atom. The molecule has 7 nitrogen and oxygen atoms in total. The number of benzene rings is 1. The molecule has 0 saturated carbocycles. The topological polar surface area (TPSA) is 78.4 Å². The smallest absolute Gasteiger partial charge is 0.227 e. The first-order valence-corrected chi connectivity index (χ1v) is 9.65. The minimum absolute atomic E-state index is 0.0172. The lowest BCUT2D eigenvalue weighted by atomic mass is 10.0. The maximum atomic E-state index is 13.2. The van der Waals surface area contributed by atoms with Gasteiger partial charge in [0.25, 0.3) is 0 Å². The number of aromatic nitrogens is 2. The summed E-state index contributed by atoms with van der Waals surface area (Å²) >= 11 is 0. The first-order chi connectivity index (χ1) is 13.8. The molecule has 154 valence electrons. The van der Waals surface area contributed by atoms with Crippen LogP contribution in [0.3, 0.4) is 0 Å². The minimum atomic E-state index is -0.337. The Morgan fingerprint density at radius 1 is 1.31 bits per heavy atom. The molecule has 29 heavy (non-hydrogen) atoms. The highest BCUT2D eigenvalue weighted by molar-refractivity contribution is 5.96. The Labute approximate surface area is 169 Å². The number of anilines is 2. The molecule has 0 spiro atoms. The maximum absolute atomic E-state index is 13.2. The third kappa shape index (κ3) is 4.70. The lowest BCUT2D eigenvalue weighted by molar-refractivity contribution is -0.133. The Morgan fingerprint density at radius 3 is 2.62 bits per heavy atom. The molecule has 1 atom stereocenters. The van der Waals surface area contributed by atoms with Crippen LogP contribution >= 0.6 is 0 Å². The van der Waals surface area contributed by atoms with Crippen LogP contribution < -0.4 is 10.2 Å². The maximum Gasteiger partial charge on any atom is 0.227 e. The Kier molecular flexibility index (Phi) is 6.10. The molecule has 1 fully saturated rings. The number of hydrogen-bond donors (Lipinski definition) is 1. The van der Waals surface area contributed by atoms with Gasteiger partial charge in [-0.1, -0.05) is 13.8 Å². The molecule has 0 bridgehead atoms. The Bertz CT molecular complexity index is 900. The molecule has 1 aliphatic rings. The predicted octanol–water partition coefficient (Wildman–Crippen LogP) is 2.79. The summed E-state index contributed by atoms with van der Waals surface area (Å²) in [5, 5.41) is 3.02. The SMILES string of the molecule is CNc1cc([C@H]2CC(=O)N(c3ccc(F)cc3)C2)nc(CN(C)C(=O)C(C)C)n1. The van der Waals surface area contributed by atoms with Crippen LogP contribution in [0.1, 0.15) is 37.7 Å². The van der Waals surface area contributed by atoms with Crippen LogP contribution in [0.2, 0.25) is 0 Å². The molecular formula is C21H26FN5O2. The van der Waals surface area contributed by atoms with Crippen LogP contribution in [0.4, 0.5) is 15.9 Å². The van der Waals surface area contributed by atoms with E-state index in [0.717, 1.165) is 5.69 Å². The quantitative estimate of drug-likeness (QED) is 0.808. The van der Waals surface area contributed by atoms with Gasteiger partial charge in [0, 0.05) is 50.7 Å². The van der Waals surface area contributed by atoms with Crippen LogP contribution in [-0.4, -0.2) is 47.3 Å². The first kappa shape index (κ1) is 20.7. The summed E-state index contributed by atoms with van der Waals surface area (Å²) in [6.07, 6.45) is 0.317. The fraction of sp³-hybridized carbons (Fsp3) is 0.429. The number of nitrogens with one attached hydrogen (secondary N) is 1. The molecule has 3 rings (SSSR count). The average Bonchev–Trinajstić information content (AvgIpc) is 3.09. The van der Waals surface area contributed by atoms with Crippen LogP contribution in [-0.2, 0) is 16.1 Å². The molecule has 8 heteroatoms. The van der Waals surface area contributed by atoms with Crippen LogP contribution in [0.25, 0.3) is 0 Å². The summed E-state index contributed by atoms with van der Waals surface area (Å²) < 4.78 is 13.2. The predicted molar refractivity (Wildman–Crippen MR) is 109 cm³/mol. The molecule has 2 aromatic rings. The van der Waals surface area contributed by atoms with E-state index < -0.39 is 0 Å². The van der Waals surface area contributed by atoms with Crippen molar-refractivity contribution in [2.45, 2.75) is 32.7 Å². The molecule has 1 aromatic heterocycles. The van der Waals surface area contributed by atoms with E-state index in [9.17, 15) is 14.0 Å². The Balaban J connectivity index is 1.82. The number of carbonyl (C=O) groups excluding carboxylic acids is 2. The molecular weight excluding hydrogens is 373 g/mol. The van der Waals surface area contributed by atoms with Gasteiger partial charge in [0.15, 0.2) is 0 Å². The van der Waals surface area contributed by atoms with Crippen LogP contribution in [0, 0.1) is 11.7 Å². The van der Waals surface area contributed by atoms with Gasteiger partial charge in [0.1, 0.15) is 17.5 Å². The van der Waals surface area contributed by atoms with Gasteiger partial charge in [-0.05, 0) is 24.3 Å². The number of rotatable bonds is 6. The summed E-state index contributed by atoms with van der Waals surface area (Å²) in [6.45, 7) is 4.46. The van der Waals surface area contributed by atoms with E-state index in [1.165, 1.54) is 12.1 Å². The fourth-order valence-electron chi connectivity index (χ4n) is 3.43.